The molecule has 5 nitrogen and oxygen atoms in total. The fourth-order valence-corrected chi connectivity index (χ4v) is 1.77. The number of nitrogens with one attached hydrogen (secondary N) is 2. The van der Waals surface area contributed by atoms with Crippen molar-refractivity contribution in [1.82, 2.24) is 10.6 Å². The molecule has 0 saturated carbocycles. The molecule has 0 fully saturated rings. The van der Waals surface area contributed by atoms with E-state index in [-0.39, 0.29) is 42.3 Å². The maximum atomic E-state index is 13.1. The largest absolute Gasteiger partial charge is 0.459 e. The van der Waals surface area contributed by atoms with Gasteiger partial charge in [-0.2, -0.15) is 0 Å². The minimum atomic E-state index is -0.507. The summed E-state index contributed by atoms with van der Waals surface area (Å²) < 4.78 is 18.2. The highest BCUT2D eigenvalue weighted by atomic mass is 127. The molecule has 0 aliphatic heterocycles. The highest BCUT2D eigenvalue weighted by Crippen LogP contribution is 2.06. The van der Waals surface area contributed by atoms with Gasteiger partial charge in [0, 0.05) is 13.6 Å². The fourth-order valence-electron chi connectivity index (χ4n) is 1.77. The molecule has 0 saturated heterocycles. The Morgan fingerprint density at radius 2 is 2.00 bits per heavy atom. The van der Waals surface area contributed by atoms with Crippen LogP contribution in [0.2, 0.25) is 0 Å². The summed E-state index contributed by atoms with van der Waals surface area (Å²) in [6.07, 6.45) is 0.658. The van der Waals surface area contributed by atoms with Gasteiger partial charge in [-0.1, -0.05) is 12.1 Å². The van der Waals surface area contributed by atoms with Crippen molar-refractivity contribution >= 4 is 35.9 Å². The average molecular weight is 437 g/mol. The van der Waals surface area contributed by atoms with Gasteiger partial charge in [0.2, 0.25) is 0 Å². The molecular formula is C16H25FIN3O2. The van der Waals surface area contributed by atoms with Gasteiger partial charge in [-0.15, -0.1) is 24.0 Å². The van der Waals surface area contributed by atoms with Crippen molar-refractivity contribution in [2.75, 3.05) is 20.1 Å². The molecule has 130 valence electrons. The first-order valence-corrected chi connectivity index (χ1v) is 7.21. The molecule has 0 aliphatic carbocycles. The van der Waals surface area contributed by atoms with E-state index in [1.54, 1.807) is 13.1 Å². The molecule has 7 heteroatoms. The molecule has 2 N–H and O–H groups in total. The third-order valence-electron chi connectivity index (χ3n) is 2.64. The zero-order chi connectivity index (χ0) is 16.6. The monoisotopic (exact) mass is 437 g/mol. The second-order valence-corrected chi connectivity index (χ2v) is 5.82. The maximum Gasteiger partial charge on any atom is 0.325 e. The van der Waals surface area contributed by atoms with Crippen LogP contribution in [0.15, 0.2) is 29.3 Å². The van der Waals surface area contributed by atoms with Crippen molar-refractivity contribution in [1.29, 1.82) is 0 Å². The van der Waals surface area contributed by atoms with Gasteiger partial charge >= 0.3 is 5.97 Å². The zero-order valence-electron chi connectivity index (χ0n) is 14.0. The summed E-state index contributed by atoms with van der Waals surface area (Å²) in [5.74, 6) is -0.0900. The lowest BCUT2D eigenvalue weighted by atomic mass is 10.1. The molecule has 0 radical (unpaired) electrons. The van der Waals surface area contributed by atoms with E-state index >= 15 is 0 Å². The van der Waals surface area contributed by atoms with E-state index in [0.717, 1.165) is 5.56 Å². The number of guanidine groups is 1. The number of halogens is 2. The molecular weight excluding hydrogens is 412 g/mol. The number of esters is 1. The van der Waals surface area contributed by atoms with Crippen LogP contribution in [-0.2, 0) is 16.0 Å². The number of nitrogens with zero attached hydrogens (tertiary/aromatic N) is 1. The predicted octanol–water partition coefficient (Wildman–Crippen LogP) is 2.49. The molecule has 0 heterocycles. The second kappa shape index (κ2) is 10.4. The Morgan fingerprint density at radius 1 is 1.30 bits per heavy atom. The summed E-state index contributed by atoms with van der Waals surface area (Å²) in [5.41, 5.74) is 0.391. The number of aliphatic imine (C=N–C) groups is 1. The fraction of sp³-hybridized carbons (Fsp3) is 0.500. The van der Waals surface area contributed by atoms with Crippen LogP contribution >= 0.6 is 24.0 Å². The number of hydrogen-bond acceptors (Lipinski definition) is 3. The molecule has 1 rings (SSSR count). The number of ether oxygens (including phenoxy) is 1. The average Bonchev–Trinajstić information content (AvgIpc) is 2.40. The summed E-state index contributed by atoms with van der Waals surface area (Å²) in [7, 11) is 1.62. The minimum Gasteiger partial charge on any atom is -0.459 e. The van der Waals surface area contributed by atoms with Crippen molar-refractivity contribution in [3.05, 3.63) is 35.6 Å². The van der Waals surface area contributed by atoms with Gasteiger partial charge in [-0.05, 0) is 44.9 Å². The highest BCUT2D eigenvalue weighted by Gasteiger charge is 2.16. The smallest absolute Gasteiger partial charge is 0.325 e. The number of carbonyl (C=O) groups excluding carboxylic acids is 1. The van der Waals surface area contributed by atoms with Crippen molar-refractivity contribution < 1.29 is 13.9 Å². The van der Waals surface area contributed by atoms with Gasteiger partial charge in [0.05, 0.1) is 0 Å². The normalized spacial score (nSPS) is 11.4. The summed E-state index contributed by atoms with van der Waals surface area (Å²) in [6.45, 7) is 6.07. The van der Waals surface area contributed by atoms with Crippen LogP contribution in [0.5, 0.6) is 0 Å². The van der Waals surface area contributed by atoms with Crippen LogP contribution in [0.3, 0.4) is 0 Å². The van der Waals surface area contributed by atoms with Crippen molar-refractivity contribution in [3.8, 4) is 0 Å². The quantitative estimate of drug-likeness (QED) is 0.322. The van der Waals surface area contributed by atoms with Crippen LogP contribution in [0.4, 0.5) is 4.39 Å². The predicted molar refractivity (Wildman–Crippen MR) is 101 cm³/mol. The Kier molecular flexibility index (Phi) is 9.78. The van der Waals surface area contributed by atoms with Crippen molar-refractivity contribution in [2.24, 2.45) is 4.99 Å². The molecule has 1 aromatic rings. The number of hydrogen-bond donors (Lipinski definition) is 2. The summed E-state index contributed by atoms with van der Waals surface area (Å²) in [4.78, 5) is 15.6. The Labute approximate surface area is 154 Å². The lowest BCUT2D eigenvalue weighted by molar-refractivity contribution is -0.153. The third-order valence-corrected chi connectivity index (χ3v) is 2.64. The zero-order valence-corrected chi connectivity index (χ0v) is 16.3. The van der Waals surface area contributed by atoms with Crippen LogP contribution in [0.25, 0.3) is 0 Å². The molecule has 0 atom stereocenters. The molecule has 0 unspecified atom stereocenters. The molecule has 0 aromatic heterocycles. The lowest BCUT2D eigenvalue weighted by Gasteiger charge is -2.20. The molecule has 23 heavy (non-hydrogen) atoms. The first-order chi connectivity index (χ1) is 10.3. The Bertz CT molecular complexity index is 530. The van der Waals surface area contributed by atoms with Crippen LogP contribution in [0.1, 0.15) is 26.3 Å². The summed E-state index contributed by atoms with van der Waals surface area (Å²) in [5, 5.41) is 5.94. The SMILES string of the molecule is CN=C(NCCc1cccc(F)c1)NCC(=O)OC(C)(C)C.I. The molecule has 1 aromatic carbocycles. The van der Waals surface area contributed by atoms with Gasteiger partial charge < -0.3 is 15.4 Å². The van der Waals surface area contributed by atoms with E-state index in [1.807, 2.05) is 26.8 Å². The summed E-state index contributed by atoms with van der Waals surface area (Å²) in [6, 6.07) is 6.46. The summed E-state index contributed by atoms with van der Waals surface area (Å²) >= 11 is 0. The van der Waals surface area contributed by atoms with Crippen LogP contribution in [-0.4, -0.2) is 37.7 Å². The standard InChI is InChI=1S/C16H24FN3O2.HI/c1-16(2,3)22-14(21)11-20-15(18-4)19-9-8-12-6-5-7-13(17)10-12;/h5-7,10H,8-9,11H2,1-4H3,(H2,18,19,20);1H. The van der Waals surface area contributed by atoms with Crippen LogP contribution in [0, 0.1) is 5.82 Å². The third kappa shape index (κ3) is 10.1. The molecule has 0 amide bonds. The maximum absolute atomic E-state index is 13.1. The molecule has 0 aliphatic rings. The van der Waals surface area contributed by atoms with E-state index in [1.165, 1.54) is 12.1 Å². The van der Waals surface area contributed by atoms with Gasteiger partial charge in [-0.25, -0.2) is 4.39 Å². The highest BCUT2D eigenvalue weighted by molar-refractivity contribution is 14.0. The van der Waals surface area contributed by atoms with E-state index < -0.39 is 5.60 Å². The number of carbonyl (C=O) groups is 1. The first kappa shape index (κ1) is 21.6. The van der Waals surface area contributed by atoms with Gasteiger partial charge in [0.15, 0.2) is 5.96 Å². The molecule has 0 spiro atoms. The van der Waals surface area contributed by atoms with Gasteiger partial charge in [0.25, 0.3) is 0 Å². The Balaban J connectivity index is 0.00000484. The van der Waals surface area contributed by atoms with Gasteiger partial charge in [0.1, 0.15) is 18.0 Å². The Morgan fingerprint density at radius 3 is 2.57 bits per heavy atom. The van der Waals surface area contributed by atoms with E-state index in [9.17, 15) is 9.18 Å². The Hall–Kier alpha value is -1.38. The van der Waals surface area contributed by atoms with Crippen molar-refractivity contribution in [2.45, 2.75) is 32.8 Å². The molecule has 0 bridgehead atoms. The second-order valence-electron chi connectivity index (χ2n) is 5.82. The van der Waals surface area contributed by atoms with Gasteiger partial charge in [-0.3, -0.25) is 9.79 Å². The van der Waals surface area contributed by atoms with E-state index in [2.05, 4.69) is 15.6 Å². The topological polar surface area (TPSA) is 62.7 Å². The van der Waals surface area contributed by atoms with E-state index in [4.69, 9.17) is 4.74 Å². The van der Waals surface area contributed by atoms with Crippen molar-refractivity contribution in [3.63, 3.8) is 0 Å². The lowest BCUT2D eigenvalue weighted by Crippen LogP contribution is -2.42. The van der Waals surface area contributed by atoms with Crippen LogP contribution < -0.4 is 10.6 Å². The number of rotatable bonds is 5. The van der Waals surface area contributed by atoms with E-state index in [0.29, 0.717) is 18.9 Å². The first-order valence-electron chi connectivity index (χ1n) is 7.21. The minimum absolute atomic E-state index is 0. The number of benzene rings is 1.